The smallest absolute Gasteiger partial charge is 0.383 e. The maximum atomic E-state index is 13.6. The number of fused-ring (bicyclic) bond motifs is 1. The Labute approximate surface area is 172 Å². The summed E-state index contributed by atoms with van der Waals surface area (Å²) in [6, 6.07) is 8.39. The molecule has 1 aromatic carbocycles. The van der Waals surface area contributed by atoms with E-state index in [0.717, 1.165) is 0 Å². The number of amides is 1. The number of nitriles is 1. The van der Waals surface area contributed by atoms with E-state index in [4.69, 9.17) is 0 Å². The number of hydrogen-bond donors (Lipinski definition) is 3. The third-order valence-corrected chi connectivity index (χ3v) is 5.54. The predicted octanol–water partition coefficient (Wildman–Crippen LogP) is 2.61. The van der Waals surface area contributed by atoms with Crippen molar-refractivity contribution in [1.82, 2.24) is 15.6 Å². The first-order valence-electron chi connectivity index (χ1n) is 9.65. The number of alkyl halides is 3. The SMILES string of the molecule is CC(C)[C@H](O)C(=O)N[C@]1(c2ccc(C#N)c3ncccc23)CNC[C@@H](C(F)(F)F)C1. The predicted molar refractivity (Wildman–Crippen MR) is 104 cm³/mol. The normalized spacial score (nSPS) is 23.2. The van der Waals surface area contributed by atoms with Crippen LogP contribution in [0.25, 0.3) is 10.9 Å². The highest BCUT2D eigenvalue weighted by Gasteiger charge is 2.50. The van der Waals surface area contributed by atoms with Gasteiger partial charge in [-0.05, 0) is 30.0 Å². The number of carbonyl (C=O) groups is 1. The fraction of sp³-hybridized carbons (Fsp3) is 0.476. The molecule has 2 heterocycles. The molecule has 0 saturated carbocycles. The average molecular weight is 420 g/mol. The van der Waals surface area contributed by atoms with Gasteiger partial charge in [-0.1, -0.05) is 26.0 Å². The summed E-state index contributed by atoms with van der Waals surface area (Å²) in [4.78, 5) is 16.9. The van der Waals surface area contributed by atoms with E-state index in [2.05, 4.69) is 15.6 Å². The van der Waals surface area contributed by atoms with Crippen molar-refractivity contribution in [2.75, 3.05) is 13.1 Å². The van der Waals surface area contributed by atoms with Crippen molar-refractivity contribution >= 4 is 16.8 Å². The summed E-state index contributed by atoms with van der Waals surface area (Å²) < 4.78 is 40.8. The van der Waals surface area contributed by atoms with Crippen molar-refractivity contribution in [2.45, 2.75) is 38.1 Å². The molecule has 0 aliphatic carbocycles. The number of carbonyl (C=O) groups excluding carboxylic acids is 1. The highest BCUT2D eigenvalue weighted by molar-refractivity contribution is 5.89. The molecule has 1 aromatic heterocycles. The second kappa shape index (κ2) is 8.20. The topological polar surface area (TPSA) is 98.0 Å². The van der Waals surface area contributed by atoms with Gasteiger partial charge in [-0.25, -0.2) is 0 Å². The monoisotopic (exact) mass is 420 g/mol. The molecule has 1 aliphatic rings. The molecule has 160 valence electrons. The molecule has 1 fully saturated rings. The quantitative estimate of drug-likeness (QED) is 0.706. The number of aliphatic hydroxyl groups excluding tert-OH is 1. The molecule has 1 saturated heterocycles. The van der Waals surface area contributed by atoms with Crippen molar-refractivity contribution < 1.29 is 23.1 Å². The van der Waals surface area contributed by atoms with E-state index in [-0.39, 0.29) is 18.7 Å². The number of benzene rings is 1. The van der Waals surface area contributed by atoms with Crippen molar-refractivity contribution in [2.24, 2.45) is 11.8 Å². The van der Waals surface area contributed by atoms with Crippen molar-refractivity contribution in [3.8, 4) is 6.07 Å². The lowest BCUT2D eigenvalue weighted by Gasteiger charge is -2.44. The summed E-state index contributed by atoms with van der Waals surface area (Å²) in [5.41, 5.74) is -0.366. The number of halogens is 3. The van der Waals surface area contributed by atoms with Gasteiger partial charge in [0.25, 0.3) is 0 Å². The van der Waals surface area contributed by atoms with Crippen LogP contribution in [-0.4, -0.2) is 41.4 Å². The zero-order valence-electron chi connectivity index (χ0n) is 16.6. The molecule has 0 radical (unpaired) electrons. The molecule has 1 aliphatic heterocycles. The zero-order chi connectivity index (χ0) is 22.1. The third kappa shape index (κ3) is 4.11. The molecular formula is C21H23F3N4O2. The second-order valence-electron chi connectivity index (χ2n) is 8.01. The van der Waals surface area contributed by atoms with E-state index >= 15 is 0 Å². The lowest BCUT2D eigenvalue weighted by atomic mass is 9.76. The van der Waals surface area contributed by atoms with Gasteiger partial charge in [0.1, 0.15) is 12.2 Å². The van der Waals surface area contributed by atoms with Crippen LogP contribution in [0.4, 0.5) is 13.2 Å². The maximum Gasteiger partial charge on any atom is 0.393 e. The van der Waals surface area contributed by atoms with E-state index in [9.17, 15) is 28.3 Å². The molecule has 30 heavy (non-hydrogen) atoms. The number of pyridine rings is 1. The van der Waals surface area contributed by atoms with Gasteiger partial charge in [0, 0.05) is 24.7 Å². The highest BCUT2D eigenvalue weighted by Crippen LogP contribution is 2.41. The first-order valence-corrected chi connectivity index (χ1v) is 9.65. The highest BCUT2D eigenvalue weighted by atomic mass is 19.4. The Balaban J connectivity index is 2.17. The van der Waals surface area contributed by atoms with Crippen LogP contribution in [0.3, 0.4) is 0 Å². The van der Waals surface area contributed by atoms with Gasteiger partial charge in [0.2, 0.25) is 5.91 Å². The standard InChI is InChI=1S/C21H23F3N4O2/c1-12(2)18(29)19(30)28-20(8-14(10-26-11-20)21(22,23)24)16-6-5-13(9-25)17-15(16)4-3-7-27-17/h3-7,12,14,18,26,29H,8,10-11H2,1-2H3,(H,28,30)/t14-,18-,20-/m0/s1. The first kappa shape index (κ1) is 22.0. The number of rotatable bonds is 4. The largest absolute Gasteiger partial charge is 0.393 e. The summed E-state index contributed by atoms with van der Waals surface area (Å²) in [5.74, 6) is -2.84. The Hall–Kier alpha value is -2.70. The fourth-order valence-corrected chi connectivity index (χ4v) is 3.92. The minimum absolute atomic E-state index is 0.0476. The average Bonchev–Trinajstić information content (AvgIpc) is 2.71. The van der Waals surface area contributed by atoms with Crippen LogP contribution in [0.15, 0.2) is 30.5 Å². The van der Waals surface area contributed by atoms with Crippen LogP contribution < -0.4 is 10.6 Å². The van der Waals surface area contributed by atoms with Crippen LogP contribution in [0.2, 0.25) is 0 Å². The molecule has 1 amide bonds. The van der Waals surface area contributed by atoms with Crippen LogP contribution in [0.1, 0.15) is 31.4 Å². The van der Waals surface area contributed by atoms with E-state index in [0.29, 0.717) is 16.5 Å². The third-order valence-electron chi connectivity index (χ3n) is 5.54. The number of nitrogens with one attached hydrogen (secondary N) is 2. The van der Waals surface area contributed by atoms with E-state index in [1.54, 1.807) is 32.0 Å². The van der Waals surface area contributed by atoms with Gasteiger partial charge >= 0.3 is 6.18 Å². The van der Waals surface area contributed by atoms with Crippen molar-refractivity contribution in [3.05, 3.63) is 41.6 Å². The Bertz CT molecular complexity index is 986. The molecule has 2 aromatic rings. The minimum Gasteiger partial charge on any atom is -0.383 e. The van der Waals surface area contributed by atoms with Gasteiger partial charge in [0.05, 0.1) is 22.5 Å². The van der Waals surface area contributed by atoms with Gasteiger partial charge in [-0.3, -0.25) is 9.78 Å². The van der Waals surface area contributed by atoms with Gasteiger partial charge in [0.15, 0.2) is 0 Å². The van der Waals surface area contributed by atoms with Gasteiger partial charge < -0.3 is 15.7 Å². The van der Waals surface area contributed by atoms with E-state index in [1.165, 1.54) is 12.3 Å². The number of hydrogen-bond acceptors (Lipinski definition) is 5. The number of piperidine rings is 1. The Morgan fingerprint density at radius 2 is 2.13 bits per heavy atom. The van der Waals surface area contributed by atoms with Crippen molar-refractivity contribution in [3.63, 3.8) is 0 Å². The fourth-order valence-electron chi connectivity index (χ4n) is 3.92. The van der Waals surface area contributed by atoms with Gasteiger partial charge in [-0.2, -0.15) is 18.4 Å². The Morgan fingerprint density at radius 1 is 1.40 bits per heavy atom. The lowest BCUT2D eigenvalue weighted by molar-refractivity contribution is -0.185. The number of nitrogens with zero attached hydrogens (tertiary/aromatic N) is 2. The lowest BCUT2D eigenvalue weighted by Crippen LogP contribution is -2.61. The molecular weight excluding hydrogens is 397 g/mol. The Morgan fingerprint density at radius 3 is 2.77 bits per heavy atom. The van der Waals surface area contributed by atoms with Crippen LogP contribution in [0, 0.1) is 23.2 Å². The summed E-state index contributed by atoms with van der Waals surface area (Å²) >= 11 is 0. The maximum absolute atomic E-state index is 13.6. The molecule has 3 N–H and O–H groups in total. The van der Waals surface area contributed by atoms with Crippen LogP contribution >= 0.6 is 0 Å². The summed E-state index contributed by atoms with van der Waals surface area (Å²) in [5, 5.41) is 25.6. The number of aromatic nitrogens is 1. The number of aliphatic hydroxyl groups is 1. The second-order valence-corrected chi connectivity index (χ2v) is 8.01. The van der Waals surface area contributed by atoms with Gasteiger partial charge in [-0.15, -0.1) is 0 Å². The Kier molecular flexibility index (Phi) is 6.01. The van der Waals surface area contributed by atoms with Crippen molar-refractivity contribution in [1.29, 1.82) is 5.26 Å². The minimum atomic E-state index is -4.46. The summed E-state index contributed by atoms with van der Waals surface area (Å²) in [7, 11) is 0. The zero-order valence-corrected chi connectivity index (χ0v) is 16.6. The van der Waals surface area contributed by atoms with E-state index in [1.807, 2.05) is 6.07 Å². The molecule has 9 heteroatoms. The molecule has 0 spiro atoms. The van der Waals surface area contributed by atoms with E-state index < -0.39 is 42.0 Å². The first-order chi connectivity index (χ1) is 14.1. The molecule has 0 bridgehead atoms. The van der Waals surface area contributed by atoms with Crippen LogP contribution in [-0.2, 0) is 10.3 Å². The molecule has 3 rings (SSSR count). The molecule has 0 unspecified atom stereocenters. The summed E-state index contributed by atoms with van der Waals surface area (Å²) in [6.07, 6.45) is -4.72. The van der Waals surface area contributed by atoms with Crippen LogP contribution in [0.5, 0.6) is 0 Å². The molecule has 6 nitrogen and oxygen atoms in total. The molecule has 3 atom stereocenters. The summed E-state index contributed by atoms with van der Waals surface area (Å²) in [6.45, 7) is 3.08.